The van der Waals surface area contributed by atoms with Gasteiger partial charge < -0.3 is 9.08 Å². The Labute approximate surface area is 123 Å². The lowest BCUT2D eigenvalue weighted by Crippen LogP contribution is -2.44. The molecule has 0 saturated heterocycles. The molecule has 0 aromatic heterocycles. The van der Waals surface area contributed by atoms with Gasteiger partial charge in [0.1, 0.15) is 0 Å². The van der Waals surface area contributed by atoms with E-state index in [4.69, 9.17) is 9.08 Å². The number of nitrogens with zero attached hydrogens (tertiary/aromatic N) is 1. The maximum atomic E-state index is 6.32. The Morgan fingerprint density at radius 2 is 1.32 bits per heavy atom. The molecule has 0 spiro atoms. The topological polar surface area (TPSA) is 21.6 Å². The van der Waals surface area contributed by atoms with Crippen molar-refractivity contribution in [1.82, 2.24) is 0 Å². The first-order valence-electron chi connectivity index (χ1n) is 7.33. The standard InChI is InChI=1S/C15H35NOSi2/c1-13(17-19(10,11)15(5,6)7)12-16-18(8,9)14(2,3)4/h12-13H,1-11H3/b16-12+. The van der Waals surface area contributed by atoms with E-state index in [0.717, 1.165) is 0 Å². The van der Waals surface area contributed by atoms with Crippen LogP contribution in [0.2, 0.25) is 36.3 Å². The van der Waals surface area contributed by atoms with Crippen LogP contribution in [0.3, 0.4) is 0 Å². The van der Waals surface area contributed by atoms with Crippen LogP contribution in [-0.4, -0.2) is 28.9 Å². The fourth-order valence-electron chi connectivity index (χ4n) is 1.16. The minimum absolute atomic E-state index is 0.120. The Morgan fingerprint density at radius 3 is 1.63 bits per heavy atom. The summed E-state index contributed by atoms with van der Waals surface area (Å²) in [5.41, 5.74) is 0. The molecule has 0 heterocycles. The summed E-state index contributed by atoms with van der Waals surface area (Å²) in [6.45, 7) is 25.0. The van der Waals surface area contributed by atoms with Crippen molar-refractivity contribution in [3.8, 4) is 0 Å². The Hall–Kier alpha value is 0.0638. The van der Waals surface area contributed by atoms with Crippen LogP contribution in [-0.2, 0) is 4.43 Å². The van der Waals surface area contributed by atoms with Gasteiger partial charge in [0.25, 0.3) is 0 Å². The van der Waals surface area contributed by atoms with Crippen LogP contribution in [0.15, 0.2) is 4.66 Å². The van der Waals surface area contributed by atoms with Gasteiger partial charge in [0.2, 0.25) is 0 Å². The van der Waals surface area contributed by atoms with E-state index in [1.54, 1.807) is 0 Å². The van der Waals surface area contributed by atoms with E-state index in [1.807, 2.05) is 0 Å². The second kappa shape index (κ2) is 5.82. The predicted octanol–water partition coefficient (Wildman–Crippen LogP) is 5.47. The van der Waals surface area contributed by atoms with Crippen LogP contribution in [0, 0.1) is 0 Å². The Morgan fingerprint density at radius 1 is 0.895 bits per heavy atom. The minimum Gasteiger partial charge on any atom is -0.409 e. The SMILES string of the molecule is CC(/C=N/[Si](C)(C)C(C)(C)C)O[Si](C)(C)C(C)(C)C. The molecule has 0 bridgehead atoms. The highest BCUT2D eigenvalue weighted by atomic mass is 28.4. The summed E-state index contributed by atoms with van der Waals surface area (Å²) in [6, 6.07) is 0. The zero-order valence-corrected chi connectivity index (χ0v) is 17.0. The lowest BCUT2D eigenvalue weighted by molar-refractivity contribution is 0.263. The molecular weight excluding hydrogens is 266 g/mol. The van der Waals surface area contributed by atoms with Gasteiger partial charge in [-0.05, 0) is 43.2 Å². The average Bonchev–Trinajstić information content (AvgIpc) is 2.10. The summed E-state index contributed by atoms with van der Waals surface area (Å²) in [5.74, 6) is 0. The van der Waals surface area contributed by atoms with Crippen LogP contribution in [0.1, 0.15) is 48.5 Å². The molecule has 1 atom stereocenters. The molecule has 0 rings (SSSR count). The minimum atomic E-state index is -1.69. The van der Waals surface area contributed by atoms with E-state index in [1.165, 1.54) is 0 Å². The fraction of sp³-hybridized carbons (Fsp3) is 0.933. The quantitative estimate of drug-likeness (QED) is 0.498. The van der Waals surface area contributed by atoms with Crippen LogP contribution >= 0.6 is 0 Å². The molecule has 0 N–H and O–H groups in total. The van der Waals surface area contributed by atoms with Crippen LogP contribution < -0.4 is 0 Å². The van der Waals surface area contributed by atoms with E-state index in [9.17, 15) is 0 Å². The third-order valence-corrected chi connectivity index (χ3v) is 13.8. The maximum Gasteiger partial charge on any atom is 0.192 e. The van der Waals surface area contributed by atoms with E-state index in [0.29, 0.717) is 5.04 Å². The van der Waals surface area contributed by atoms with Crippen molar-refractivity contribution in [3.63, 3.8) is 0 Å². The van der Waals surface area contributed by atoms with Gasteiger partial charge in [-0.3, -0.25) is 0 Å². The van der Waals surface area contributed by atoms with Gasteiger partial charge in [0, 0.05) is 6.21 Å². The molecule has 0 saturated carbocycles. The molecule has 0 aromatic carbocycles. The molecule has 1 unspecified atom stereocenters. The highest BCUT2D eigenvalue weighted by Crippen LogP contribution is 2.38. The van der Waals surface area contributed by atoms with E-state index < -0.39 is 16.6 Å². The molecule has 0 aromatic rings. The van der Waals surface area contributed by atoms with Gasteiger partial charge in [0.05, 0.1) is 6.10 Å². The Balaban J connectivity index is 4.78. The van der Waals surface area contributed by atoms with Crippen LogP contribution in [0.4, 0.5) is 0 Å². The van der Waals surface area contributed by atoms with Gasteiger partial charge in [0.15, 0.2) is 16.6 Å². The lowest BCUT2D eigenvalue weighted by Gasteiger charge is -2.38. The van der Waals surface area contributed by atoms with Crippen molar-refractivity contribution in [2.45, 2.75) is 90.8 Å². The predicted molar refractivity (Wildman–Crippen MR) is 93.4 cm³/mol. The fourth-order valence-corrected chi connectivity index (χ4v) is 3.47. The molecule has 0 amide bonds. The first-order valence-corrected chi connectivity index (χ1v) is 13.2. The zero-order chi connectivity index (χ0) is 15.7. The van der Waals surface area contributed by atoms with Crippen molar-refractivity contribution in [2.24, 2.45) is 4.66 Å². The normalized spacial score (nSPS) is 17.0. The van der Waals surface area contributed by atoms with Gasteiger partial charge in [-0.25, -0.2) is 0 Å². The van der Waals surface area contributed by atoms with Crippen molar-refractivity contribution < 1.29 is 4.43 Å². The molecule has 2 nitrogen and oxygen atoms in total. The smallest absolute Gasteiger partial charge is 0.192 e. The summed E-state index contributed by atoms with van der Waals surface area (Å²) in [6.07, 6.45) is 2.17. The molecular formula is C15H35NOSi2. The largest absolute Gasteiger partial charge is 0.409 e. The summed E-state index contributed by atoms with van der Waals surface area (Å²) < 4.78 is 11.2. The van der Waals surface area contributed by atoms with Gasteiger partial charge >= 0.3 is 0 Å². The first-order chi connectivity index (χ1) is 8.10. The van der Waals surface area contributed by atoms with Gasteiger partial charge in [-0.1, -0.05) is 41.5 Å². The molecule has 0 aliphatic heterocycles. The molecule has 0 radical (unpaired) electrons. The second-order valence-electron chi connectivity index (χ2n) is 8.67. The second-order valence-corrected chi connectivity index (χ2v) is 18.3. The van der Waals surface area contributed by atoms with Crippen molar-refractivity contribution in [2.75, 3.05) is 0 Å². The first kappa shape index (κ1) is 19.1. The molecule has 0 aliphatic rings. The van der Waals surface area contributed by atoms with Crippen LogP contribution in [0.5, 0.6) is 0 Å². The third kappa shape index (κ3) is 5.52. The number of rotatable bonds is 4. The molecule has 0 fully saturated rings. The van der Waals surface area contributed by atoms with Crippen molar-refractivity contribution in [1.29, 1.82) is 0 Å². The zero-order valence-electron chi connectivity index (χ0n) is 15.0. The number of hydrogen-bond donors (Lipinski definition) is 0. The highest BCUT2D eigenvalue weighted by Gasteiger charge is 2.39. The maximum absolute atomic E-state index is 6.32. The molecule has 4 heteroatoms. The monoisotopic (exact) mass is 301 g/mol. The molecule has 19 heavy (non-hydrogen) atoms. The van der Waals surface area contributed by atoms with Crippen molar-refractivity contribution >= 4 is 22.8 Å². The lowest BCUT2D eigenvalue weighted by atomic mass is 10.2. The molecule has 114 valence electrons. The van der Waals surface area contributed by atoms with Crippen molar-refractivity contribution in [3.05, 3.63) is 0 Å². The van der Waals surface area contributed by atoms with E-state index in [-0.39, 0.29) is 11.1 Å². The summed E-state index contributed by atoms with van der Waals surface area (Å²) in [4.78, 5) is 0. The molecule has 0 aliphatic carbocycles. The Bertz CT molecular complexity index is 322. The van der Waals surface area contributed by atoms with E-state index >= 15 is 0 Å². The van der Waals surface area contributed by atoms with Crippen LogP contribution in [0.25, 0.3) is 0 Å². The Kier molecular flexibility index (Phi) is 5.84. The average molecular weight is 302 g/mol. The summed E-state index contributed by atoms with van der Waals surface area (Å²) in [5, 5.41) is 0.548. The third-order valence-electron chi connectivity index (χ3n) is 4.73. The number of hydrogen-bond acceptors (Lipinski definition) is 2. The summed E-state index contributed by atoms with van der Waals surface area (Å²) in [7, 11) is -3.27. The van der Waals surface area contributed by atoms with Gasteiger partial charge in [-0.2, -0.15) is 0 Å². The highest BCUT2D eigenvalue weighted by molar-refractivity contribution is 6.79. The van der Waals surface area contributed by atoms with Gasteiger partial charge in [-0.15, -0.1) is 0 Å². The van der Waals surface area contributed by atoms with E-state index in [2.05, 4.69) is 80.9 Å². The summed E-state index contributed by atoms with van der Waals surface area (Å²) >= 11 is 0.